The molecule has 2 rings (SSSR count). The van der Waals surface area contributed by atoms with E-state index in [4.69, 9.17) is 11.6 Å². The molecule has 0 bridgehead atoms. The Morgan fingerprint density at radius 2 is 2.00 bits per heavy atom. The Balaban J connectivity index is 2.39. The van der Waals surface area contributed by atoms with E-state index in [1.165, 1.54) is 0 Å². The Bertz CT molecular complexity index is 309. The van der Waals surface area contributed by atoms with Crippen molar-refractivity contribution < 1.29 is 5.11 Å². The smallest absolute Gasteiger partial charge is 0.0897 e. The Kier molecular flexibility index (Phi) is 2.09. The average molecular weight is 197 g/mol. The van der Waals surface area contributed by atoms with Crippen LogP contribution in [0.1, 0.15) is 30.4 Å². The van der Waals surface area contributed by atoms with E-state index in [9.17, 15) is 5.11 Å². The van der Waals surface area contributed by atoms with Crippen molar-refractivity contribution >= 4 is 11.6 Å². The topological polar surface area (TPSA) is 20.2 Å². The largest absolute Gasteiger partial charge is 0.385 e. The molecule has 13 heavy (non-hydrogen) atoms. The van der Waals surface area contributed by atoms with Crippen molar-refractivity contribution in [3.8, 4) is 0 Å². The zero-order valence-corrected chi connectivity index (χ0v) is 8.43. The van der Waals surface area contributed by atoms with Crippen LogP contribution in [0.15, 0.2) is 18.2 Å². The molecule has 1 fully saturated rings. The standard InChI is InChI=1S/C11H13ClO/c1-8-5-9(7-10(12)6-8)11(13)3-2-4-11/h5-7,13H,2-4H2,1H3. The summed E-state index contributed by atoms with van der Waals surface area (Å²) in [5.41, 5.74) is 1.50. The van der Waals surface area contributed by atoms with E-state index in [-0.39, 0.29) is 0 Å². The van der Waals surface area contributed by atoms with E-state index >= 15 is 0 Å². The van der Waals surface area contributed by atoms with Gasteiger partial charge in [-0.1, -0.05) is 17.7 Å². The second-order valence-electron chi connectivity index (χ2n) is 3.90. The van der Waals surface area contributed by atoms with E-state index < -0.39 is 5.60 Å². The molecule has 0 amide bonds. The molecule has 1 aliphatic rings. The van der Waals surface area contributed by atoms with Crippen molar-refractivity contribution in [3.63, 3.8) is 0 Å². The number of hydrogen-bond donors (Lipinski definition) is 1. The molecule has 70 valence electrons. The summed E-state index contributed by atoms with van der Waals surface area (Å²) in [6.45, 7) is 2.00. The quantitative estimate of drug-likeness (QED) is 0.732. The molecule has 0 spiro atoms. The summed E-state index contributed by atoms with van der Waals surface area (Å²) in [6.07, 6.45) is 2.85. The highest BCUT2D eigenvalue weighted by Crippen LogP contribution is 2.41. The van der Waals surface area contributed by atoms with Crippen LogP contribution in [0.3, 0.4) is 0 Å². The van der Waals surface area contributed by atoms with E-state index in [2.05, 4.69) is 0 Å². The van der Waals surface area contributed by atoms with Gasteiger partial charge in [0.2, 0.25) is 0 Å². The van der Waals surface area contributed by atoms with Crippen molar-refractivity contribution in [2.45, 2.75) is 31.8 Å². The Morgan fingerprint density at radius 3 is 2.46 bits per heavy atom. The minimum Gasteiger partial charge on any atom is -0.385 e. The maximum atomic E-state index is 10.1. The molecule has 0 unspecified atom stereocenters. The van der Waals surface area contributed by atoms with Gasteiger partial charge in [-0.25, -0.2) is 0 Å². The minimum atomic E-state index is -0.588. The van der Waals surface area contributed by atoms with E-state index in [0.717, 1.165) is 35.4 Å². The predicted molar refractivity (Wildman–Crippen MR) is 53.9 cm³/mol. The summed E-state index contributed by atoms with van der Waals surface area (Å²) in [4.78, 5) is 0. The molecule has 0 atom stereocenters. The molecule has 0 heterocycles. The molecule has 1 saturated carbocycles. The van der Waals surface area contributed by atoms with Gasteiger partial charge in [0, 0.05) is 5.02 Å². The van der Waals surface area contributed by atoms with Crippen LogP contribution in [0, 0.1) is 6.92 Å². The Labute approximate surface area is 83.3 Å². The first-order chi connectivity index (χ1) is 6.10. The van der Waals surface area contributed by atoms with Crippen molar-refractivity contribution in [2.24, 2.45) is 0 Å². The van der Waals surface area contributed by atoms with Gasteiger partial charge in [0.25, 0.3) is 0 Å². The van der Waals surface area contributed by atoms with Crippen LogP contribution in [-0.2, 0) is 5.60 Å². The van der Waals surface area contributed by atoms with Crippen molar-refractivity contribution in [2.75, 3.05) is 0 Å². The maximum absolute atomic E-state index is 10.1. The van der Waals surface area contributed by atoms with Gasteiger partial charge >= 0.3 is 0 Å². The predicted octanol–water partition coefficient (Wildman–Crippen LogP) is 3.02. The summed E-state index contributed by atoms with van der Waals surface area (Å²) < 4.78 is 0. The van der Waals surface area contributed by atoms with Gasteiger partial charge in [-0.05, 0) is 49.4 Å². The lowest BCUT2D eigenvalue weighted by Gasteiger charge is -2.37. The van der Waals surface area contributed by atoms with Gasteiger partial charge in [-0.15, -0.1) is 0 Å². The monoisotopic (exact) mass is 196 g/mol. The summed E-state index contributed by atoms with van der Waals surface area (Å²) >= 11 is 5.93. The van der Waals surface area contributed by atoms with Gasteiger partial charge in [-0.2, -0.15) is 0 Å². The minimum absolute atomic E-state index is 0.588. The van der Waals surface area contributed by atoms with E-state index in [0.29, 0.717) is 0 Å². The first kappa shape index (κ1) is 9.04. The lowest BCUT2D eigenvalue weighted by molar-refractivity contribution is -0.0388. The summed E-state index contributed by atoms with van der Waals surface area (Å²) in [5.74, 6) is 0. The van der Waals surface area contributed by atoms with Gasteiger partial charge in [0.15, 0.2) is 0 Å². The van der Waals surface area contributed by atoms with Crippen molar-refractivity contribution in [3.05, 3.63) is 34.3 Å². The second kappa shape index (κ2) is 3.00. The normalized spacial score (nSPS) is 19.6. The molecular formula is C11H13ClO. The third kappa shape index (κ3) is 1.59. The fourth-order valence-electron chi connectivity index (χ4n) is 1.81. The van der Waals surface area contributed by atoms with Crippen LogP contribution >= 0.6 is 11.6 Å². The molecule has 0 saturated heterocycles. The highest BCUT2D eigenvalue weighted by molar-refractivity contribution is 6.30. The summed E-state index contributed by atoms with van der Waals surface area (Å²) in [5, 5.41) is 10.8. The molecule has 0 aliphatic heterocycles. The van der Waals surface area contributed by atoms with Crippen LogP contribution in [-0.4, -0.2) is 5.11 Å². The van der Waals surface area contributed by atoms with Crippen LogP contribution in [0.25, 0.3) is 0 Å². The van der Waals surface area contributed by atoms with Gasteiger partial charge in [0.1, 0.15) is 0 Å². The molecule has 1 aromatic rings. The Hall–Kier alpha value is -0.530. The number of halogens is 1. The number of hydrogen-bond acceptors (Lipinski definition) is 1. The third-order valence-corrected chi connectivity index (χ3v) is 2.98. The highest BCUT2D eigenvalue weighted by Gasteiger charge is 2.36. The number of aryl methyl sites for hydroxylation is 1. The molecule has 0 radical (unpaired) electrons. The SMILES string of the molecule is Cc1cc(Cl)cc(C2(O)CCC2)c1. The molecule has 1 N–H and O–H groups in total. The highest BCUT2D eigenvalue weighted by atomic mass is 35.5. The second-order valence-corrected chi connectivity index (χ2v) is 4.34. The summed E-state index contributed by atoms with van der Waals surface area (Å²) in [7, 11) is 0. The van der Waals surface area contributed by atoms with E-state index in [1.54, 1.807) is 0 Å². The van der Waals surface area contributed by atoms with E-state index in [1.807, 2.05) is 25.1 Å². The number of aliphatic hydroxyl groups is 1. The van der Waals surface area contributed by atoms with Crippen LogP contribution in [0.5, 0.6) is 0 Å². The molecule has 2 heteroatoms. The first-order valence-electron chi connectivity index (χ1n) is 4.60. The number of rotatable bonds is 1. The van der Waals surface area contributed by atoms with Crippen LogP contribution < -0.4 is 0 Å². The number of benzene rings is 1. The van der Waals surface area contributed by atoms with Crippen molar-refractivity contribution in [1.82, 2.24) is 0 Å². The first-order valence-corrected chi connectivity index (χ1v) is 4.98. The van der Waals surface area contributed by atoms with Gasteiger partial charge < -0.3 is 5.11 Å². The molecule has 0 aromatic heterocycles. The molecular weight excluding hydrogens is 184 g/mol. The summed E-state index contributed by atoms with van der Waals surface area (Å²) in [6, 6.07) is 5.80. The van der Waals surface area contributed by atoms with Gasteiger partial charge in [-0.3, -0.25) is 0 Å². The zero-order chi connectivity index (χ0) is 9.47. The van der Waals surface area contributed by atoms with Crippen LogP contribution in [0.2, 0.25) is 5.02 Å². The third-order valence-electron chi connectivity index (χ3n) is 2.76. The fourth-order valence-corrected chi connectivity index (χ4v) is 2.09. The van der Waals surface area contributed by atoms with Crippen LogP contribution in [0.4, 0.5) is 0 Å². The average Bonchev–Trinajstić information content (AvgIpc) is 1.98. The molecule has 1 nitrogen and oxygen atoms in total. The van der Waals surface area contributed by atoms with Crippen molar-refractivity contribution in [1.29, 1.82) is 0 Å². The lowest BCUT2D eigenvalue weighted by Crippen LogP contribution is -2.33. The lowest BCUT2D eigenvalue weighted by atomic mass is 9.75. The molecule has 1 aliphatic carbocycles. The fraction of sp³-hybridized carbons (Fsp3) is 0.455. The maximum Gasteiger partial charge on any atom is 0.0897 e. The molecule has 1 aromatic carbocycles. The van der Waals surface area contributed by atoms with Gasteiger partial charge in [0.05, 0.1) is 5.60 Å². The zero-order valence-electron chi connectivity index (χ0n) is 7.68. The Morgan fingerprint density at radius 1 is 1.31 bits per heavy atom.